The van der Waals surface area contributed by atoms with Crippen LogP contribution in [0.3, 0.4) is 0 Å². The van der Waals surface area contributed by atoms with Gasteiger partial charge in [-0.2, -0.15) is 0 Å². The molecule has 34 nitrogen and oxygen atoms in total. The predicted octanol–water partition coefficient (Wildman–Crippen LogP) is 3.83. The third-order valence-electron chi connectivity index (χ3n) is 21.9. The second kappa shape index (κ2) is 59.4. The average Bonchev–Trinajstić information content (AvgIpc) is 1.72. The third kappa shape index (κ3) is 40.6. The lowest BCUT2D eigenvalue weighted by molar-refractivity contribution is -0.282. The lowest BCUT2D eigenvalue weighted by Gasteiger charge is -2.40. The number of methoxy groups -OCH3 is 2. The standard InChI is InChI=1S/C81H143N5O29/c1-55-71(98)74(101)62(50-87)113-77(55)109-43-23-30-59(90)28-15-9-6-14-22-42-84-80(104)112-54-81(85-67(94)37-36-60(91)29-18-19-33-68(95)86-49-61(106-5)48-58(86)53-105-4,38-26-46-107-69(96)34-16-10-7-12-20-40-82-65(92)31-24-44-110-78-56(2)72(99)75(102)63(51-88)114-78)39-27-47-108-70(97)35-17-11-8-13-21-41-83-66(93)32-25-45-111-79-57(3)73(100)76(103)64(52-89)115-79/h55-58,61-64,71-79,87-89,98-103H,6-54H2,1-5H3,(H,82,92)(H,83,93)(H,84,104)(H,85,94)/t55?,56?,57?,58-,61+,62?,63?,64?,71?,72?,73?,74?,75?,76?,77?,78?,79?,81?/m1/s1. The number of hydrogen-bond donors (Lipinski definition) is 13. The number of likely N-dealkylation sites (tertiary alicyclic amines) is 1. The van der Waals surface area contributed by atoms with E-state index in [1.54, 1.807) is 39.9 Å². The summed E-state index contributed by atoms with van der Waals surface area (Å²) in [4.78, 5) is 120. The number of alkyl carbamates (subject to hydrolysis) is 1. The zero-order valence-corrected chi connectivity index (χ0v) is 69.1. The normalized spacial score (nSPS) is 26.0. The van der Waals surface area contributed by atoms with Crippen molar-refractivity contribution in [3.8, 4) is 0 Å². The molecule has 4 aliphatic rings. The number of carbonyl (C=O) groups excluding carboxylic acids is 9. The lowest BCUT2D eigenvalue weighted by Crippen LogP contribution is -2.55. The first-order valence-corrected chi connectivity index (χ1v) is 42.4. The van der Waals surface area contributed by atoms with Crippen LogP contribution >= 0.6 is 0 Å². The molecule has 0 aromatic rings. The Labute approximate surface area is 679 Å². The van der Waals surface area contributed by atoms with Gasteiger partial charge in [0.05, 0.1) is 95.5 Å². The summed E-state index contributed by atoms with van der Waals surface area (Å²) in [5.74, 6) is -3.37. The summed E-state index contributed by atoms with van der Waals surface area (Å²) in [5, 5.41) is 101. The highest BCUT2D eigenvalue weighted by Crippen LogP contribution is 2.31. The van der Waals surface area contributed by atoms with Gasteiger partial charge in [0, 0.05) is 122 Å². The molecule has 13 N–H and O–H groups in total. The Hall–Kier alpha value is -5.25. The summed E-state index contributed by atoms with van der Waals surface area (Å²) >= 11 is 0. The number of aliphatic hydroxyl groups is 9. The number of carbonyl (C=O) groups is 9. The highest BCUT2D eigenvalue weighted by molar-refractivity contribution is 5.85. The van der Waals surface area contributed by atoms with Gasteiger partial charge in [0.25, 0.3) is 0 Å². The molecule has 4 saturated heterocycles. The number of unbranched alkanes of at least 4 members (excludes halogenated alkanes) is 13. The number of nitrogens with one attached hydrogen (secondary N) is 4. The number of Topliss-reactive ketones (excluding diaryl/α,β-unsaturated/α-hetero) is 2. The average molecular weight is 1650 g/mol. The largest absolute Gasteiger partial charge is 0.466 e. The Morgan fingerprint density at radius 1 is 0.409 bits per heavy atom. The minimum atomic E-state index is -1.28. The van der Waals surface area contributed by atoms with Crippen molar-refractivity contribution >= 4 is 53.2 Å². The Kier molecular flexibility index (Phi) is 52.8. The number of hydrogen-bond acceptors (Lipinski definition) is 29. The van der Waals surface area contributed by atoms with E-state index in [0.717, 1.165) is 70.6 Å². The van der Waals surface area contributed by atoms with Gasteiger partial charge in [-0.1, -0.05) is 78.6 Å². The summed E-state index contributed by atoms with van der Waals surface area (Å²) in [7, 11) is 3.20. The maximum atomic E-state index is 14.1. The van der Waals surface area contributed by atoms with Crippen LogP contribution in [0.15, 0.2) is 0 Å². The lowest BCUT2D eigenvalue weighted by atomic mass is 9.88. The zero-order valence-electron chi connectivity index (χ0n) is 69.1. The van der Waals surface area contributed by atoms with Crippen molar-refractivity contribution in [2.24, 2.45) is 17.8 Å². The van der Waals surface area contributed by atoms with Gasteiger partial charge in [0.15, 0.2) is 18.9 Å². The van der Waals surface area contributed by atoms with Crippen LogP contribution < -0.4 is 21.3 Å². The van der Waals surface area contributed by atoms with E-state index >= 15 is 0 Å². The van der Waals surface area contributed by atoms with Gasteiger partial charge in [-0.3, -0.25) is 38.4 Å². The van der Waals surface area contributed by atoms with Crippen LogP contribution in [0.2, 0.25) is 0 Å². The van der Waals surface area contributed by atoms with Gasteiger partial charge in [-0.25, -0.2) is 4.79 Å². The number of amides is 5. The number of ether oxygens (including phenoxy) is 11. The molecule has 115 heavy (non-hydrogen) atoms. The van der Waals surface area contributed by atoms with Crippen molar-refractivity contribution in [2.75, 3.05) is 106 Å². The van der Waals surface area contributed by atoms with Gasteiger partial charge in [-0.05, 0) is 103 Å². The summed E-state index contributed by atoms with van der Waals surface area (Å²) in [5.41, 5.74) is -1.28. The van der Waals surface area contributed by atoms with Crippen molar-refractivity contribution in [1.29, 1.82) is 0 Å². The summed E-state index contributed by atoms with van der Waals surface area (Å²) < 4.78 is 62.0. The van der Waals surface area contributed by atoms with Gasteiger partial charge in [0.2, 0.25) is 23.6 Å². The molecule has 0 spiro atoms. The van der Waals surface area contributed by atoms with Gasteiger partial charge >= 0.3 is 18.0 Å². The molecule has 0 aromatic heterocycles. The molecule has 17 atom stereocenters. The molecule has 666 valence electrons. The van der Waals surface area contributed by atoms with Crippen molar-refractivity contribution in [1.82, 2.24) is 26.2 Å². The Bertz CT molecular complexity index is 2650. The van der Waals surface area contributed by atoms with Crippen LogP contribution in [0, 0.1) is 17.8 Å². The number of ketones is 2. The van der Waals surface area contributed by atoms with Gasteiger partial charge in [0.1, 0.15) is 54.8 Å². The van der Waals surface area contributed by atoms with Crippen LogP contribution in [-0.4, -0.2) is 302 Å². The van der Waals surface area contributed by atoms with Crippen LogP contribution in [0.4, 0.5) is 4.79 Å². The van der Waals surface area contributed by atoms with E-state index in [9.17, 15) is 89.1 Å². The number of nitrogens with zero attached hydrogens (tertiary/aromatic N) is 1. The molecule has 0 radical (unpaired) electrons. The first kappa shape index (κ1) is 102. The van der Waals surface area contributed by atoms with E-state index in [1.807, 2.05) is 0 Å². The van der Waals surface area contributed by atoms with Gasteiger partial charge in [-0.15, -0.1) is 0 Å². The number of rotatable bonds is 64. The first-order valence-electron chi connectivity index (χ1n) is 42.4. The first-order chi connectivity index (χ1) is 55.3. The molecule has 34 heteroatoms. The molecule has 0 aromatic carbocycles. The van der Waals surface area contributed by atoms with E-state index in [-0.39, 0.29) is 165 Å². The van der Waals surface area contributed by atoms with E-state index in [2.05, 4.69) is 21.3 Å². The van der Waals surface area contributed by atoms with Crippen molar-refractivity contribution < 1.29 is 141 Å². The smallest absolute Gasteiger partial charge is 0.407 e. The summed E-state index contributed by atoms with van der Waals surface area (Å²) in [6.45, 7) is 5.81. The van der Waals surface area contributed by atoms with Crippen molar-refractivity contribution in [2.45, 2.75) is 337 Å². The predicted molar refractivity (Wildman–Crippen MR) is 417 cm³/mol. The molecule has 4 rings (SSSR count). The van der Waals surface area contributed by atoms with E-state index in [0.29, 0.717) is 103 Å². The third-order valence-corrected chi connectivity index (χ3v) is 21.9. The number of esters is 2. The van der Waals surface area contributed by atoms with Crippen molar-refractivity contribution in [3.63, 3.8) is 0 Å². The Balaban J connectivity index is 1.27. The maximum absolute atomic E-state index is 14.1. The molecule has 15 unspecified atom stereocenters. The Morgan fingerprint density at radius 3 is 1.23 bits per heavy atom. The second-order valence-electron chi connectivity index (χ2n) is 31.4. The summed E-state index contributed by atoms with van der Waals surface area (Å²) in [6.07, 6.45) is 2.68. The molecule has 0 aliphatic carbocycles. The molecular formula is C81H143N5O29. The van der Waals surface area contributed by atoms with Crippen LogP contribution in [0.25, 0.3) is 0 Å². The summed E-state index contributed by atoms with van der Waals surface area (Å²) in [6, 6.07) is -0.100. The molecule has 0 bridgehead atoms. The molecule has 0 saturated carbocycles. The van der Waals surface area contributed by atoms with Gasteiger partial charge < -0.3 is 124 Å². The minimum Gasteiger partial charge on any atom is -0.466 e. The Morgan fingerprint density at radius 2 is 0.791 bits per heavy atom. The highest BCUT2D eigenvalue weighted by Gasteiger charge is 2.45. The fraction of sp³-hybridized carbons (Fsp3) is 0.889. The molecule has 4 fully saturated rings. The number of aliphatic hydroxyl groups excluding tert-OH is 9. The van der Waals surface area contributed by atoms with E-state index in [4.69, 9.17) is 52.1 Å². The SMILES string of the molecule is COC[C@H]1C[C@H](OC)CN1C(=O)CCCCC(=O)CCC(=O)NC(CCCOC(=O)CCCCCCCNC(=O)CCCOC1OC(CO)C(O)C(O)C1C)(CCCOC(=O)CCCCCCCNC(=O)CCCOC1OC(CO)C(O)C(O)C1C)COC(=O)NCCCCCCCC(=O)CCCOC1OC(CO)C(O)C(O)C1C. The molecule has 4 heterocycles. The maximum Gasteiger partial charge on any atom is 0.407 e. The van der Waals surface area contributed by atoms with Crippen LogP contribution in [0.1, 0.15) is 245 Å². The van der Waals surface area contributed by atoms with E-state index in [1.165, 1.54) is 0 Å². The molecule has 5 amide bonds. The highest BCUT2D eigenvalue weighted by atomic mass is 16.7. The molecule has 4 aliphatic heterocycles. The topological polar surface area (TPSA) is 489 Å². The quantitative estimate of drug-likeness (QED) is 0.0234. The fourth-order valence-corrected chi connectivity index (χ4v) is 14.5. The van der Waals surface area contributed by atoms with Crippen LogP contribution in [0.5, 0.6) is 0 Å². The van der Waals surface area contributed by atoms with E-state index < -0.39 is 141 Å². The van der Waals surface area contributed by atoms with Crippen molar-refractivity contribution in [3.05, 3.63) is 0 Å². The zero-order chi connectivity index (χ0) is 84.3. The second-order valence-corrected chi connectivity index (χ2v) is 31.4. The monoisotopic (exact) mass is 1650 g/mol. The fourth-order valence-electron chi connectivity index (χ4n) is 14.5. The molecular weight excluding hydrogens is 1510 g/mol. The van der Waals surface area contributed by atoms with Crippen LogP contribution in [-0.2, 0) is 90.5 Å². The minimum absolute atomic E-state index is 0.0329.